The largest absolute Gasteiger partial charge is 0.334 e. The van der Waals surface area contributed by atoms with E-state index < -0.39 is 10.0 Å². The fourth-order valence-corrected chi connectivity index (χ4v) is 3.75. The molecule has 132 valence electrons. The molecule has 0 saturated carbocycles. The van der Waals surface area contributed by atoms with Gasteiger partial charge in [-0.15, -0.1) is 0 Å². The van der Waals surface area contributed by atoms with Crippen molar-refractivity contribution < 1.29 is 8.42 Å². The molecule has 7 nitrogen and oxygen atoms in total. The minimum Gasteiger partial charge on any atom is -0.334 e. The molecule has 1 aliphatic heterocycles. The normalized spacial score (nSPS) is 19.3. The molecule has 1 atom stereocenters. The van der Waals surface area contributed by atoms with Gasteiger partial charge < -0.3 is 9.47 Å². The Labute approximate surface area is 139 Å². The number of nitrogens with one attached hydrogen (secondary N) is 1. The van der Waals surface area contributed by atoms with Gasteiger partial charge in [0.1, 0.15) is 0 Å². The zero-order valence-electron chi connectivity index (χ0n) is 14.6. The van der Waals surface area contributed by atoms with E-state index in [1.165, 1.54) is 0 Å². The van der Waals surface area contributed by atoms with Gasteiger partial charge in [-0.05, 0) is 27.3 Å². The summed E-state index contributed by atoms with van der Waals surface area (Å²) in [7, 11) is -3.54. The summed E-state index contributed by atoms with van der Waals surface area (Å²) in [5.74, 6) is 0. The van der Waals surface area contributed by atoms with Crippen LogP contribution in [0.4, 0.5) is 0 Å². The lowest BCUT2D eigenvalue weighted by molar-refractivity contribution is 0.107. The average molecular weight is 343 g/mol. The molecule has 0 radical (unpaired) electrons. The fourth-order valence-electron chi connectivity index (χ4n) is 2.69. The van der Waals surface area contributed by atoms with Crippen molar-refractivity contribution in [3.8, 4) is 0 Å². The second-order valence-corrected chi connectivity index (χ2v) is 8.14. The van der Waals surface area contributed by atoms with Crippen LogP contribution in [-0.4, -0.2) is 73.1 Å². The minimum absolute atomic E-state index is 0.0919. The van der Waals surface area contributed by atoms with E-state index in [1.54, 1.807) is 17.1 Å². The Bertz CT molecular complexity index is 591. The van der Waals surface area contributed by atoms with Crippen LogP contribution in [-0.2, 0) is 10.0 Å². The molecule has 1 fully saturated rings. The summed E-state index contributed by atoms with van der Waals surface area (Å²) in [6.07, 6.45) is 3.14. The molecule has 0 aliphatic carbocycles. The van der Waals surface area contributed by atoms with Crippen molar-refractivity contribution in [1.29, 1.82) is 0 Å². The van der Waals surface area contributed by atoms with Gasteiger partial charge in [-0.25, -0.2) is 18.1 Å². The molecule has 0 bridgehead atoms. The first-order valence-electron chi connectivity index (χ1n) is 8.33. The maximum atomic E-state index is 12.3. The summed E-state index contributed by atoms with van der Waals surface area (Å²) in [4.78, 5) is 8.76. The lowest BCUT2D eigenvalue weighted by atomic mass is 10.2. The Balaban J connectivity index is 1.88. The number of rotatable bonds is 7. The van der Waals surface area contributed by atoms with Crippen LogP contribution in [0, 0.1) is 0 Å². The number of imidazole rings is 1. The van der Waals surface area contributed by atoms with Gasteiger partial charge in [0, 0.05) is 51.0 Å². The van der Waals surface area contributed by atoms with E-state index in [0.29, 0.717) is 6.54 Å². The molecule has 2 rings (SSSR count). The number of piperazine rings is 1. The average Bonchev–Trinajstić information content (AvgIpc) is 3.04. The summed E-state index contributed by atoms with van der Waals surface area (Å²) in [5.41, 5.74) is 0. The van der Waals surface area contributed by atoms with Crippen molar-refractivity contribution in [2.45, 2.75) is 44.8 Å². The minimum atomic E-state index is -3.54. The van der Waals surface area contributed by atoms with Crippen LogP contribution < -0.4 is 4.72 Å². The van der Waals surface area contributed by atoms with Gasteiger partial charge in [0.2, 0.25) is 0 Å². The summed E-state index contributed by atoms with van der Waals surface area (Å²) >= 11 is 0. The summed E-state index contributed by atoms with van der Waals surface area (Å²) in [6.45, 7) is 13.8. The third kappa shape index (κ3) is 4.76. The van der Waals surface area contributed by atoms with E-state index in [2.05, 4.69) is 33.4 Å². The first-order valence-corrected chi connectivity index (χ1v) is 9.81. The molecule has 8 heteroatoms. The molecule has 1 N–H and O–H groups in total. The number of hydrogen-bond acceptors (Lipinski definition) is 5. The van der Waals surface area contributed by atoms with E-state index in [4.69, 9.17) is 0 Å². The van der Waals surface area contributed by atoms with Gasteiger partial charge >= 0.3 is 0 Å². The number of nitrogens with zero attached hydrogens (tertiary/aromatic N) is 4. The second-order valence-electron chi connectivity index (χ2n) is 6.42. The van der Waals surface area contributed by atoms with E-state index in [9.17, 15) is 8.42 Å². The first kappa shape index (κ1) is 18.4. The van der Waals surface area contributed by atoms with Crippen molar-refractivity contribution in [2.75, 3.05) is 39.3 Å². The highest BCUT2D eigenvalue weighted by Crippen LogP contribution is 2.11. The first-order chi connectivity index (χ1) is 10.8. The molecule has 1 saturated heterocycles. The number of hydrogen-bond donors (Lipinski definition) is 1. The van der Waals surface area contributed by atoms with Crippen molar-refractivity contribution in [2.24, 2.45) is 0 Å². The molecule has 0 aromatic carbocycles. The predicted molar refractivity (Wildman–Crippen MR) is 90.9 cm³/mol. The number of sulfonamides is 1. The lowest BCUT2D eigenvalue weighted by Gasteiger charge is -2.37. The quantitative estimate of drug-likeness (QED) is 0.792. The van der Waals surface area contributed by atoms with Crippen LogP contribution in [0.5, 0.6) is 0 Å². The molecular weight excluding hydrogens is 314 g/mol. The zero-order valence-corrected chi connectivity index (χ0v) is 15.4. The summed E-state index contributed by atoms with van der Waals surface area (Å²) < 4.78 is 29.2. The number of likely N-dealkylation sites (N-methyl/N-ethyl adjacent to an activating group) is 1. The highest BCUT2D eigenvalue weighted by atomic mass is 32.2. The Morgan fingerprint density at radius 3 is 2.39 bits per heavy atom. The van der Waals surface area contributed by atoms with E-state index in [0.717, 1.165) is 32.7 Å². The van der Waals surface area contributed by atoms with Crippen molar-refractivity contribution in [3.63, 3.8) is 0 Å². The highest BCUT2D eigenvalue weighted by molar-refractivity contribution is 7.89. The maximum Gasteiger partial charge on any atom is 0.259 e. The summed E-state index contributed by atoms with van der Waals surface area (Å²) in [5, 5.41) is 0.0919. The zero-order chi connectivity index (χ0) is 17.0. The van der Waals surface area contributed by atoms with Gasteiger partial charge in [0.25, 0.3) is 10.0 Å². The Morgan fingerprint density at radius 1 is 1.22 bits per heavy atom. The summed E-state index contributed by atoms with van der Waals surface area (Å²) in [6, 6.07) is 0.371. The number of aromatic nitrogens is 2. The van der Waals surface area contributed by atoms with Gasteiger partial charge in [-0.2, -0.15) is 0 Å². The van der Waals surface area contributed by atoms with E-state index in [1.807, 2.05) is 13.8 Å². The third-order valence-corrected chi connectivity index (χ3v) is 5.80. The molecule has 23 heavy (non-hydrogen) atoms. The van der Waals surface area contributed by atoms with Gasteiger partial charge in [0.15, 0.2) is 5.03 Å². The van der Waals surface area contributed by atoms with Crippen LogP contribution >= 0.6 is 0 Å². The molecule has 1 aromatic rings. The van der Waals surface area contributed by atoms with Crippen LogP contribution in [0.3, 0.4) is 0 Å². The molecular formula is C15H29N5O2S. The predicted octanol–water partition coefficient (Wildman–Crippen LogP) is 0.768. The Kier molecular flexibility index (Phi) is 6.19. The standard InChI is InChI=1S/C15H29N5O2S/c1-5-18-6-8-19(9-7-18)14(4)10-17-23(21,22)15-11-20(12-16-15)13(2)3/h11-14,17H,5-10H2,1-4H3/t14-/m1/s1. The molecule has 0 unspecified atom stereocenters. The van der Waals surface area contributed by atoms with Crippen molar-refractivity contribution in [3.05, 3.63) is 12.5 Å². The van der Waals surface area contributed by atoms with Crippen LogP contribution in [0.1, 0.15) is 33.7 Å². The monoisotopic (exact) mass is 343 g/mol. The SMILES string of the molecule is CCN1CCN([C@H](C)CNS(=O)(=O)c2cn(C(C)C)cn2)CC1. The van der Waals surface area contributed by atoms with Crippen LogP contribution in [0.25, 0.3) is 0 Å². The lowest BCUT2D eigenvalue weighted by Crippen LogP contribution is -2.52. The van der Waals surface area contributed by atoms with Crippen LogP contribution in [0.2, 0.25) is 0 Å². The maximum absolute atomic E-state index is 12.3. The molecule has 0 spiro atoms. The van der Waals surface area contributed by atoms with Gasteiger partial charge in [-0.3, -0.25) is 4.90 Å². The Morgan fingerprint density at radius 2 is 1.87 bits per heavy atom. The topological polar surface area (TPSA) is 70.5 Å². The second kappa shape index (κ2) is 7.74. The molecule has 1 aromatic heterocycles. The van der Waals surface area contributed by atoms with Gasteiger partial charge in [0.05, 0.1) is 6.33 Å². The molecule has 0 amide bonds. The fraction of sp³-hybridized carbons (Fsp3) is 0.800. The van der Waals surface area contributed by atoms with E-state index in [-0.39, 0.29) is 17.1 Å². The van der Waals surface area contributed by atoms with Gasteiger partial charge in [-0.1, -0.05) is 6.92 Å². The van der Waals surface area contributed by atoms with E-state index >= 15 is 0 Å². The third-order valence-electron chi connectivity index (χ3n) is 4.50. The highest BCUT2D eigenvalue weighted by Gasteiger charge is 2.23. The Hall–Kier alpha value is -0.960. The van der Waals surface area contributed by atoms with Crippen molar-refractivity contribution in [1.82, 2.24) is 24.1 Å². The molecule has 1 aliphatic rings. The van der Waals surface area contributed by atoms with Crippen LogP contribution in [0.15, 0.2) is 17.6 Å². The smallest absolute Gasteiger partial charge is 0.259 e. The molecule has 2 heterocycles. The van der Waals surface area contributed by atoms with Crippen molar-refractivity contribution >= 4 is 10.0 Å².